The summed E-state index contributed by atoms with van der Waals surface area (Å²) < 4.78 is 0. The highest BCUT2D eigenvalue weighted by molar-refractivity contribution is 6.32. The van der Waals surface area contributed by atoms with Crippen LogP contribution in [-0.2, 0) is 5.54 Å². The third kappa shape index (κ3) is 1.70. The molecule has 2 nitrogen and oxygen atoms in total. The van der Waals surface area contributed by atoms with Crippen LogP contribution in [0.25, 0.3) is 0 Å². The van der Waals surface area contributed by atoms with E-state index in [1.54, 1.807) is 6.07 Å². The van der Waals surface area contributed by atoms with Crippen LogP contribution >= 0.6 is 11.6 Å². The highest BCUT2D eigenvalue weighted by Gasteiger charge is 2.33. The molecular weight excluding hydrogens is 222 g/mol. The van der Waals surface area contributed by atoms with Gasteiger partial charge in [0.15, 0.2) is 0 Å². The van der Waals surface area contributed by atoms with E-state index in [2.05, 4.69) is 12.2 Å². The number of phenols is 1. The molecule has 1 aliphatic heterocycles. The summed E-state index contributed by atoms with van der Waals surface area (Å²) in [5.74, 6) is 0.182. The second-order valence-corrected chi connectivity index (χ2v) is 5.27. The number of hydrogen-bond donors (Lipinski definition) is 2. The second kappa shape index (κ2) is 3.94. The van der Waals surface area contributed by atoms with Crippen molar-refractivity contribution in [3.05, 3.63) is 27.8 Å². The van der Waals surface area contributed by atoms with E-state index in [0.717, 1.165) is 24.1 Å². The summed E-state index contributed by atoms with van der Waals surface area (Å²) in [4.78, 5) is 0. The molecule has 0 bridgehead atoms. The van der Waals surface area contributed by atoms with Gasteiger partial charge in [-0.25, -0.2) is 0 Å². The fourth-order valence-electron chi connectivity index (χ4n) is 2.90. The van der Waals surface area contributed by atoms with Crippen LogP contribution in [0, 0.1) is 13.8 Å². The number of halogens is 1. The Morgan fingerprint density at radius 3 is 2.69 bits per heavy atom. The number of benzene rings is 1. The second-order valence-electron chi connectivity index (χ2n) is 4.89. The SMILES string of the molecule is Cc1cc(O)c(Cl)c(C)c1C1(C)CCCN1. The Bertz CT molecular complexity index is 422. The summed E-state index contributed by atoms with van der Waals surface area (Å²) in [5.41, 5.74) is 3.35. The summed E-state index contributed by atoms with van der Waals surface area (Å²) in [6.45, 7) is 7.27. The van der Waals surface area contributed by atoms with Crippen LogP contribution in [0.4, 0.5) is 0 Å². The van der Waals surface area contributed by atoms with Crippen molar-refractivity contribution in [1.29, 1.82) is 0 Å². The van der Waals surface area contributed by atoms with Crippen LogP contribution in [0.1, 0.15) is 36.5 Å². The highest BCUT2D eigenvalue weighted by Crippen LogP contribution is 2.40. The molecule has 1 aromatic rings. The Morgan fingerprint density at radius 2 is 2.12 bits per heavy atom. The van der Waals surface area contributed by atoms with Gasteiger partial charge in [0.1, 0.15) is 5.75 Å². The van der Waals surface area contributed by atoms with Crippen LogP contribution in [0.5, 0.6) is 5.75 Å². The summed E-state index contributed by atoms with van der Waals surface area (Å²) in [5, 5.41) is 13.7. The van der Waals surface area contributed by atoms with Gasteiger partial charge < -0.3 is 10.4 Å². The molecule has 1 saturated heterocycles. The number of phenolic OH excluding ortho intramolecular Hbond substituents is 1. The minimum Gasteiger partial charge on any atom is -0.506 e. The minimum absolute atomic E-state index is 0.00546. The Morgan fingerprint density at radius 1 is 1.44 bits per heavy atom. The molecule has 1 unspecified atom stereocenters. The Labute approximate surface area is 102 Å². The van der Waals surface area contributed by atoms with Crippen molar-refractivity contribution in [2.45, 2.75) is 39.2 Å². The predicted molar refractivity (Wildman–Crippen MR) is 67.2 cm³/mol. The predicted octanol–water partition coefficient (Wildman–Crippen LogP) is 3.26. The maximum atomic E-state index is 9.68. The van der Waals surface area contributed by atoms with Gasteiger partial charge in [-0.1, -0.05) is 11.6 Å². The number of hydrogen-bond acceptors (Lipinski definition) is 2. The number of aromatic hydroxyl groups is 1. The van der Waals surface area contributed by atoms with E-state index in [-0.39, 0.29) is 11.3 Å². The molecule has 1 atom stereocenters. The molecule has 0 aromatic heterocycles. The van der Waals surface area contributed by atoms with Gasteiger partial charge in [-0.15, -0.1) is 0 Å². The first-order valence-corrected chi connectivity index (χ1v) is 6.08. The molecule has 0 saturated carbocycles. The molecule has 1 fully saturated rings. The lowest BCUT2D eigenvalue weighted by Crippen LogP contribution is -2.34. The van der Waals surface area contributed by atoms with Gasteiger partial charge in [0.05, 0.1) is 5.02 Å². The van der Waals surface area contributed by atoms with Crippen molar-refractivity contribution in [1.82, 2.24) is 5.32 Å². The molecule has 1 aliphatic rings. The molecule has 16 heavy (non-hydrogen) atoms. The first-order valence-electron chi connectivity index (χ1n) is 5.70. The number of aryl methyl sites for hydroxylation is 1. The monoisotopic (exact) mass is 239 g/mol. The molecule has 88 valence electrons. The van der Waals surface area contributed by atoms with Gasteiger partial charge in [0.25, 0.3) is 0 Å². The number of rotatable bonds is 1. The third-order valence-electron chi connectivity index (χ3n) is 3.60. The lowest BCUT2D eigenvalue weighted by atomic mass is 9.84. The number of nitrogens with one attached hydrogen (secondary N) is 1. The first-order chi connectivity index (χ1) is 7.46. The quantitative estimate of drug-likeness (QED) is 0.789. The molecule has 1 aromatic carbocycles. The Kier molecular flexibility index (Phi) is 2.89. The molecule has 0 radical (unpaired) electrons. The van der Waals surface area contributed by atoms with E-state index in [0.29, 0.717) is 5.02 Å². The van der Waals surface area contributed by atoms with Crippen LogP contribution in [0.2, 0.25) is 5.02 Å². The van der Waals surface area contributed by atoms with Crippen LogP contribution in [0.15, 0.2) is 6.07 Å². The molecular formula is C13H18ClNO. The van der Waals surface area contributed by atoms with Crippen molar-refractivity contribution in [3.8, 4) is 5.75 Å². The van der Waals surface area contributed by atoms with Crippen LogP contribution in [0.3, 0.4) is 0 Å². The van der Waals surface area contributed by atoms with Gasteiger partial charge in [-0.2, -0.15) is 0 Å². The fraction of sp³-hybridized carbons (Fsp3) is 0.538. The van der Waals surface area contributed by atoms with Crippen molar-refractivity contribution >= 4 is 11.6 Å². The topological polar surface area (TPSA) is 32.3 Å². The van der Waals surface area contributed by atoms with E-state index < -0.39 is 0 Å². The largest absolute Gasteiger partial charge is 0.506 e. The zero-order chi connectivity index (χ0) is 11.9. The van der Waals surface area contributed by atoms with Crippen molar-refractivity contribution in [2.75, 3.05) is 6.54 Å². The summed E-state index contributed by atoms with van der Waals surface area (Å²) >= 11 is 6.12. The maximum absolute atomic E-state index is 9.68. The van der Waals surface area contributed by atoms with E-state index >= 15 is 0 Å². The standard InChI is InChI=1S/C13H18ClNO/c1-8-7-10(16)12(14)9(2)11(8)13(3)5-4-6-15-13/h7,15-16H,4-6H2,1-3H3. The minimum atomic E-state index is 0.00546. The van der Waals surface area contributed by atoms with Gasteiger partial charge in [0.2, 0.25) is 0 Å². The van der Waals surface area contributed by atoms with E-state index in [1.165, 1.54) is 12.0 Å². The van der Waals surface area contributed by atoms with Gasteiger partial charge in [-0.3, -0.25) is 0 Å². The van der Waals surface area contributed by atoms with E-state index in [1.807, 2.05) is 13.8 Å². The van der Waals surface area contributed by atoms with Gasteiger partial charge >= 0.3 is 0 Å². The molecule has 0 aliphatic carbocycles. The van der Waals surface area contributed by atoms with Gasteiger partial charge in [0, 0.05) is 5.54 Å². The van der Waals surface area contributed by atoms with Crippen LogP contribution < -0.4 is 5.32 Å². The maximum Gasteiger partial charge on any atom is 0.134 e. The average molecular weight is 240 g/mol. The Balaban J connectivity index is 2.60. The lowest BCUT2D eigenvalue weighted by Gasteiger charge is -2.29. The van der Waals surface area contributed by atoms with Crippen LogP contribution in [-0.4, -0.2) is 11.7 Å². The third-order valence-corrected chi connectivity index (χ3v) is 4.07. The molecule has 2 rings (SSSR count). The summed E-state index contributed by atoms with van der Waals surface area (Å²) in [7, 11) is 0. The van der Waals surface area contributed by atoms with E-state index in [4.69, 9.17) is 11.6 Å². The average Bonchev–Trinajstić information content (AvgIpc) is 2.62. The zero-order valence-corrected chi connectivity index (χ0v) is 10.8. The lowest BCUT2D eigenvalue weighted by molar-refractivity contribution is 0.427. The Hall–Kier alpha value is -0.730. The van der Waals surface area contributed by atoms with Gasteiger partial charge in [-0.05, 0) is 62.9 Å². The summed E-state index contributed by atoms with van der Waals surface area (Å²) in [6.07, 6.45) is 2.31. The highest BCUT2D eigenvalue weighted by atomic mass is 35.5. The molecule has 3 heteroatoms. The molecule has 2 N–H and O–H groups in total. The molecule has 0 spiro atoms. The van der Waals surface area contributed by atoms with Crippen molar-refractivity contribution in [3.63, 3.8) is 0 Å². The fourth-order valence-corrected chi connectivity index (χ4v) is 3.04. The summed E-state index contributed by atoms with van der Waals surface area (Å²) in [6, 6.07) is 1.76. The van der Waals surface area contributed by atoms with E-state index in [9.17, 15) is 5.11 Å². The smallest absolute Gasteiger partial charge is 0.134 e. The van der Waals surface area contributed by atoms with Crippen molar-refractivity contribution in [2.24, 2.45) is 0 Å². The molecule has 0 amide bonds. The molecule has 1 heterocycles. The normalized spacial score (nSPS) is 25.0. The zero-order valence-electron chi connectivity index (χ0n) is 10.0. The first kappa shape index (κ1) is 11.7. The van der Waals surface area contributed by atoms with Crippen molar-refractivity contribution < 1.29 is 5.11 Å².